The fourth-order valence-corrected chi connectivity index (χ4v) is 2.28. The largest absolute Gasteiger partial charge is 0.384 e. The summed E-state index contributed by atoms with van der Waals surface area (Å²) in [7, 11) is 0. The molecule has 110 valence electrons. The Bertz CT molecular complexity index is 634. The number of hydrogen-bond donors (Lipinski definition) is 2. The third-order valence-corrected chi connectivity index (χ3v) is 3.39. The van der Waals surface area contributed by atoms with Crippen molar-refractivity contribution in [2.45, 2.75) is 6.42 Å². The Balaban J connectivity index is 2.27. The second-order valence-corrected chi connectivity index (χ2v) is 4.79. The third-order valence-electron chi connectivity index (χ3n) is 3.39. The van der Waals surface area contributed by atoms with E-state index in [1.165, 1.54) is 17.0 Å². The number of nitrogens with two attached hydrogens (primary N) is 1. The van der Waals surface area contributed by atoms with Crippen molar-refractivity contribution in [1.29, 1.82) is 0 Å². The van der Waals surface area contributed by atoms with E-state index < -0.39 is 11.7 Å². The average molecular weight is 290 g/mol. The fraction of sp³-hybridized carbons (Fsp3) is 0.333. The lowest BCUT2D eigenvalue weighted by Crippen LogP contribution is -2.32. The van der Waals surface area contributed by atoms with E-state index in [4.69, 9.17) is 10.8 Å². The maximum atomic E-state index is 13.4. The van der Waals surface area contributed by atoms with Gasteiger partial charge in [0.2, 0.25) is 5.91 Å². The van der Waals surface area contributed by atoms with Crippen LogP contribution in [0.3, 0.4) is 0 Å². The first-order valence-electron chi connectivity index (χ1n) is 6.50. The number of rotatable bonds is 2. The average Bonchev–Trinajstić information content (AvgIpc) is 2.95. The molecule has 1 aromatic rings. The number of hydrogen-bond acceptors (Lipinski definition) is 3. The minimum atomic E-state index is -0.543. The molecule has 0 aromatic heterocycles. The molecule has 6 heteroatoms. The van der Waals surface area contributed by atoms with Crippen LogP contribution in [0.1, 0.15) is 22.3 Å². The van der Waals surface area contributed by atoms with Crippen LogP contribution in [-0.4, -0.2) is 41.5 Å². The van der Waals surface area contributed by atoms with Gasteiger partial charge in [-0.3, -0.25) is 9.59 Å². The molecular formula is C15H15FN2O3. The molecule has 0 aliphatic carbocycles. The van der Waals surface area contributed by atoms with Crippen molar-refractivity contribution in [2.75, 3.05) is 19.7 Å². The zero-order valence-electron chi connectivity index (χ0n) is 11.3. The molecule has 21 heavy (non-hydrogen) atoms. The first kappa shape index (κ1) is 15.0. The summed E-state index contributed by atoms with van der Waals surface area (Å²) in [5, 5.41) is 8.72. The number of carbonyl (C=O) groups is 2. The van der Waals surface area contributed by atoms with Crippen LogP contribution in [0.15, 0.2) is 18.2 Å². The van der Waals surface area contributed by atoms with Crippen LogP contribution in [0.5, 0.6) is 0 Å². The lowest BCUT2D eigenvalue weighted by molar-refractivity contribution is -0.121. The van der Waals surface area contributed by atoms with E-state index in [0.717, 1.165) is 6.07 Å². The number of primary amides is 1. The number of nitrogens with zero attached hydrogens (tertiary/aromatic N) is 1. The van der Waals surface area contributed by atoms with Gasteiger partial charge in [0.15, 0.2) is 0 Å². The van der Waals surface area contributed by atoms with Crippen molar-refractivity contribution in [3.8, 4) is 11.8 Å². The Kier molecular flexibility index (Phi) is 4.55. The molecule has 1 heterocycles. The standard InChI is InChI=1S/C15H15FN2O3/c16-12-4-3-10(2-1-7-19)13(8-12)15(21)18-6-5-11(9-18)14(17)20/h3-4,8,11,19H,5-7,9H2,(H2,17,20). The molecule has 0 bridgehead atoms. The van der Waals surface area contributed by atoms with Crippen molar-refractivity contribution in [1.82, 2.24) is 4.90 Å². The second-order valence-electron chi connectivity index (χ2n) is 4.79. The number of halogens is 1. The molecule has 1 aliphatic rings. The van der Waals surface area contributed by atoms with Gasteiger partial charge >= 0.3 is 0 Å². The van der Waals surface area contributed by atoms with E-state index in [2.05, 4.69) is 11.8 Å². The molecular weight excluding hydrogens is 275 g/mol. The molecule has 5 nitrogen and oxygen atoms in total. The van der Waals surface area contributed by atoms with E-state index in [0.29, 0.717) is 18.5 Å². The summed E-state index contributed by atoms with van der Waals surface area (Å²) in [6.07, 6.45) is 0.508. The Morgan fingerprint density at radius 2 is 2.24 bits per heavy atom. The number of aliphatic hydroxyl groups is 1. The van der Waals surface area contributed by atoms with Crippen molar-refractivity contribution in [2.24, 2.45) is 11.7 Å². The smallest absolute Gasteiger partial charge is 0.255 e. The number of amides is 2. The first-order valence-corrected chi connectivity index (χ1v) is 6.50. The highest BCUT2D eigenvalue weighted by molar-refractivity contribution is 5.97. The minimum Gasteiger partial charge on any atom is -0.384 e. The number of aliphatic hydroxyl groups excluding tert-OH is 1. The van der Waals surface area contributed by atoms with Crippen molar-refractivity contribution in [3.63, 3.8) is 0 Å². The van der Waals surface area contributed by atoms with Crippen LogP contribution in [0.25, 0.3) is 0 Å². The summed E-state index contributed by atoms with van der Waals surface area (Å²) in [6.45, 7) is 0.284. The van der Waals surface area contributed by atoms with Crippen LogP contribution in [0.4, 0.5) is 4.39 Å². The van der Waals surface area contributed by atoms with Crippen molar-refractivity contribution >= 4 is 11.8 Å². The van der Waals surface area contributed by atoms with Crippen LogP contribution in [0.2, 0.25) is 0 Å². The fourth-order valence-electron chi connectivity index (χ4n) is 2.28. The SMILES string of the molecule is NC(=O)C1CCN(C(=O)c2cc(F)ccc2C#CCO)C1. The maximum Gasteiger partial charge on any atom is 0.255 e. The van der Waals surface area contributed by atoms with Gasteiger partial charge in [0.1, 0.15) is 12.4 Å². The third kappa shape index (κ3) is 3.38. The van der Waals surface area contributed by atoms with Crippen LogP contribution in [-0.2, 0) is 4.79 Å². The van der Waals surface area contributed by atoms with Crippen molar-refractivity contribution in [3.05, 3.63) is 35.1 Å². The van der Waals surface area contributed by atoms with Crippen molar-refractivity contribution < 1.29 is 19.1 Å². The highest BCUT2D eigenvalue weighted by atomic mass is 19.1. The summed E-state index contributed by atoms with van der Waals surface area (Å²) in [5.74, 6) is 3.32. The molecule has 0 spiro atoms. The van der Waals surface area contributed by atoms with Gasteiger partial charge in [0.25, 0.3) is 5.91 Å². The quantitative estimate of drug-likeness (QED) is 0.759. The van der Waals surface area contributed by atoms with E-state index in [9.17, 15) is 14.0 Å². The molecule has 1 unspecified atom stereocenters. The summed E-state index contributed by atoms with van der Waals surface area (Å²) in [6, 6.07) is 3.71. The van der Waals surface area contributed by atoms with Gasteiger partial charge in [-0.15, -0.1) is 0 Å². The predicted octanol–water partition coefficient (Wildman–Crippen LogP) is 0.117. The summed E-state index contributed by atoms with van der Waals surface area (Å²) in [5.41, 5.74) is 5.70. The van der Waals surface area contributed by atoms with Gasteiger partial charge in [0.05, 0.1) is 11.5 Å². The van der Waals surface area contributed by atoms with E-state index >= 15 is 0 Å². The van der Waals surface area contributed by atoms with E-state index in [-0.39, 0.29) is 30.5 Å². The Labute approximate surface area is 121 Å². The van der Waals surface area contributed by atoms with Crippen LogP contribution in [0, 0.1) is 23.6 Å². The number of carbonyl (C=O) groups excluding carboxylic acids is 2. The zero-order valence-corrected chi connectivity index (χ0v) is 11.3. The summed E-state index contributed by atoms with van der Waals surface area (Å²) >= 11 is 0. The summed E-state index contributed by atoms with van der Waals surface area (Å²) < 4.78 is 13.4. The predicted molar refractivity (Wildman–Crippen MR) is 73.6 cm³/mol. The Morgan fingerprint density at radius 3 is 2.86 bits per heavy atom. The van der Waals surface area contributed by atoms with Gasteiger partial charge < -0.3 is 15.7 Å². The molecule has 1 aliphatic heterocycles. The molecule has 1 aromatic carbocycles. The van der Waals surface area contributed by atoms with Gasteiger partial charge in [-0.2, -0.15) is 0 Å². The zero-order chi connectivity index (χ0) is 15.4. The van der Waals surface area contributed by atoms with E-state index in [1.54, 1.807) is 0 Å². The number of likely N-dealkylation sites (tertiary alicyclic amines) is 1. The highest BCUT2D eigenvalue weighted by Gasteiger charge is 2.31. The normalized spacial score (nSPS) is 17.2. The maximum absolute atomic E-state index is 13.4. The highest BCUT2D eigenvalue weighted by Crippen LogP contribution is 2.20. The molecule has 1 atom stereocenters. The number of benzene rings is 1. The van der Waals surface area contributed by atoms with Gasteiger partial charge in [-0.05, 0) is 24.6 Å². The molecule has 3 N–H and O–H groups in total. The van der Waals surface area contributed by atoms with Gasteiger partial charge in [-0.1, -0.05) is 11.8 Å². The molecule has 1 saturated heterocycles. The Hall–Kier alpha value is -2.39. The van der Waals surface area contributed by atoms with Crippen LogP contribution < -0.4 is 5.73 Å². The minimum absolute atomic E-state index is 0.126. The second kappa shape index (κ2) is 6.37. The Morgan fingerprint density at radius 1 is 1.48 bits per heavy atom. The molecule has 2 amide bonds. The van der Waals surface area contributed by atoms with Gasteiger partial charge in [0, 0.05) is 18.7 Å². The van der Waals surface area contributed by atoms with Crippen LogP contribution >= 0.6 is 0 Å². The van der Waals surface area contributed by atoms with Gasteiger partial charge in [-0.25, -0.2) is 4.39 Å². The monoisotopic (exact) mass is 290 g/mol. The molecule has 0 saturated carbocycles. The molecule has 2 rings (SSSR count). The van der Waals surface area contributed by atoms with E-state index in [1.807, 2.05) is 0 Å². The lowest BCUT2D eigenvalue weighted by Gasteiger charge is -2.17. The lowest BCUT2D eigenvalue weighted by atomic mass is 10.1. The topological polar surface area (TPSA) is 83.6 Å². The summed E-state index contributed by atoms with van der Waals surface area (Å²) in [4.78, 5) is 25.0. The first-order chi connectivity index (χ1) is 10.0. The molecule has 0 radical (unpaired) electrons. The molecule has 1 fully saturated rings.